The van der Waals surface area contributed by atoms with Gasteiger partial charge >= 0.3 is 0 Å². The van der Waals surface area contributed by atoms with Gasteiger partial charge in [0.2, 0.25) is 5.91 Å². The van der Waals surface area contributed by atoms with Crippen molar-refractivity contribution in [1.82, 2.24) is 5.32 Å². The third-order valence-corrected chi connectivity index (χ3v) is 4.31. The number of rotatable bonds is 5. The molecule has 118 valence electrons. The second kappa shape index (κ2) is 5.93. The van der Waals surface area contributed by atoms with E-state index in [9.17, 15) is 14.0 Å². The van der Waals surface area contributed by atoms with E-state index in [-0.39, 0.29) is 18.0 Å². The Bertz CT molecular complexity index is 769. The minimum absolute atomic E-state index is 0.00859. The Balaban J connectivity index is 1.94. The van der Waals surface area contributed by atoms with E-state index >= 15 is 0 Å². The number of benzene rings is 2. The number of ketones is 1. The van der Waals surface area contributed by atoms with Crippen molar-refractivity contribution in [3.8, 4) is 11.1 Å². The van der Waals surface area contributed by atoms with Crippen LogP contribution in [0.1, 0.15) is 23.2 Å². The highest BCUT2D eigenvalue weighted by atomic mass is 19.1. The Kier molecular flexibility index (Phi) is 3.96. The van der Waals surface area contributed by atoms with E-state index in [1.807, 2.05) is 0 Å². The lowest BCUT2D eigenvalue weighted by Crippen LogP contribution is -2.65. The van der Waals surface area contributed by atoms with Crippen LogP contribution in [0.4, 0.5) is 4.39 Å². The number of halogens is 1. The summed E-state index contributed by atoms with van der Waals surface area (Å²) in [6, 6.07) is 13.1. The van der Waals surface area contributed by atoms with Crippen molar-refractivity contribution in [3.63, 3.8) is 0 Å². The number of amides is 1. The van der Waals surface area contributed by atoms with Crippen molar-refractivity contribution in [2.45, 2.75) is 18.4 Å². The molecule has 1 unspecified atom stereocenters. The molecule has 0 radical (unpaired) electrons. The molecule has 0 bridgehead atoms. The predicted octanol–water partition coefficient (Wildman–Crippen LogP) is 2.28. The molecule has 2 aromatic carbocycles. The summed E-state index contributed by atoms with van der Waals surface area (Å²) in [5.41, 5.74) is 6.22. The van der Waals surface area contributed by atoms with Crippen LogP contribution >= 0.6 is 0 Å². The first-order valence-corrected chi connectivity index (χ1v) is 7.45. The zero-order chi connectivity index (χ0) is 16.4. The lowest BCUT2D eigenvalue weighted by Gasteiger charge is -2.39. The summed E-state index contributed by atoms with van der Waals surface area (Å²) in [4.78, 5) is 24.3. The molecular formula is C18H17FN2O2. The number of hydrogen-bond donors (Lipinski definition) is 2. The lowest BCUT2D eigenvalue weighted by atomic mass is 9.80. The van der Waals surface area contributed by atoms with Crippen molar-refractivity contribution < 1.29 is 14.0 Å². The molecule has 0 aliphatic carbocycles. The molecule has 1 saturated heterocycles. The molecule has 2 aromatic rings. The second-order valence-electron chi connectivity index (χ2n) is 5.78. The van der Waals surface area contributed by atoms with Crippen LogP contribution in [0.5, 0.6) is 0 Å². The maximum Gasteiger partial charge on any atom is 0.238 e. The summed E-state index contributed by atoms with van der Waals surface area (Å²) in [5.74, 6) is -1.06. The summed E-state index contributed by atoms with van der Waals surface area (Å²) in [7, 11) is 0. The van der Waals surface area contributed by atoms with Gasteiger partial charge in [0.15, 0.2) is 5.78 Å². The number of Topliss-reactive ketones (excluding diaryl/α,β-unsaturated/α-hetero) is 1. The minimum atomic E-state index is -0.952. The van der Waals surface area contributed by atoms with Crippen LogP contribution in [0, 0.1) is 5.82 Å². The molecule has 1 amide bonds. The molecule has 3 N–H and O–H groups in total. The van der Waals surface area contributed by atoms with Crippen molar-refractivity contribution in [2.24, 2.45) is 5.73 Å². The molecule has 3 rings (SSSR count). The zero-order valence-corrected chi connectivity index (χ0v) is 12.5. The molecule has 4 nitrogen and oxygen atoms in total. The van der Waals surface area contributed by atoms with Crippen LogP contribution in [0.15, 0.2) is 48.5 Å². The van der Waals surface area contributed by atoms with Gasteiger partial charge in [-0.15, -0.1) is 0 Å². The van der Waals surface area contributed by atoms with Crippen LogP contribution in [0.2, 0.25) is 0 Å². The zero-order valence-electron chi connectivity index (χ0n) is 12.5. The van der Waals surface area contributed by atoms with E-state index in [4.69, 9.17) is 5.73 Å². The molecule has 0 spiro atoms. The van der Waals surface area contributed by atoms with Gasteiger partial charge in [0.05, 0.1) is 0 Å². The van der Waals surface area contributed by atoms with E-state index in [0.29, 0.717) is 29.7 Å². The van der Waals surface area contributed by atoms with Crippen LogP contribution < -0.4 is 11.1 Å². The van der Waals surface area contributed by atoms with E-state index in [2.05, 4.69) is 5.32 Å². The van der Waals surface area contributed by atoms with Gasteiger partial charge in [-0.05, 0) is 36.2 Å². The molecule has 5 heteroatoms. The number of carbonyl (C=O) groups is 2. The Morgan fingerprint density at radius 1 is 1.17 bits per heavy atom. The fourth-order valence-corrected chi connectivity index (χ4v) is 2.88. The monoisotopic (exact) mass is 312 g/mol. The topological polar surface area (TPSA) is 72.2 Å². The van der Waals surface area contributed by atoms with Gasteiger partial charge in [-0.2, -0.15) is 0 Å². The first-order valence-electron chi connectivity index (χ1n) is 7.45. The van der Waals surface area contributed by atoms with Gasteiger partial charge in [-0.3, -0.25) is 9.59 Å². The normalized spacial score (nSPS) is 19.9. The minimum Gasteiger partial charge on any atom is -0.368 e. The highest BCUT2D eigenvalue weighted by Gasteiger charge is 2.44. The smallest absolute Gasteiger partial charge is 0.238 e. The maximum absolute atomic E-state index is 13.5. The second-order valence-corrected chi connectivity index (χ2v) is 5.78. The Hall–Kier alpha value is -2.53. The lowest BCUT2D eigenvalue weighted by molar-refractivity contribution is -0.127. The van der Waals surface area contributed by atoms with Gasteiger partial charge in [-0.25, -0.2) is 4.39 Å². The van der Waals surface area contributed by atoms with Crippen molar-refractivity contribution >= 4 is 11.7 Å². The average Bonchev–Trinajstić information content (AvgIpc) is 2.50. The Morgan fingerprint density at radius 2 is 1.91 bits per heavy atom. The molecule has 1 heterocycles. The number of carbonyl (C=O) groups excluding carboxylic acids is 2. The molecule has 0 aromatic heterocycles. The van der Waals surface area contributed by atoms with Crippen molar-refractivity contribution in [3.05, 3.63) is 59.9 Å². The van der Waals surface area contributed by atoms with Gasteiger partial charge in [0.1, 0.15) is 11.4 Å². The van der Waals surface area contributed by atoms with Gasteiger partial charge in [0, 0.05) is 12.0 Å². The summed E-state index contributed by atoms with van der Waals surface area (Å²) >= 11 is 0. The van der Waals surface area contributed by atoms with E-state index < -0.39 is 11.4 Å². The van der Waals surface area contributed by atoms with Crippen molar-refractivity contribution in [2.75, 3.05) is 6.54 Å². The third-order valence-electron chi connectivity index (χ3n) is 4.31. The van der Waals surface area contributed by atoms with E-state index in [0.717, 1.165) is 0 Å². The molecule has 23 heavy (non-hydrogen) atoms. The first kappa shape index (κ1) is 15.4. The summed E-state index contributed by atoms with van der Waals surface area (Å²) in [6.45, 7) is 0.668. The van der Waals surface area contributed by atoms with Crippen LogP contribution in [0.25, 0.3) is 11.1 Å². The Labute approximate surface area is 133 Å². The van der Waals surface area contributed by atoms with Crippen LogP contribution in [0.3, 0.4) is 0 Å². The molecule has 1 aliphatic rings. The Morgan fingerprint density at radius 3 is 2.52 bits per heavy atom. The number of hydrogen-bond acceptors (Lipinski definition) is 3. The van der Waals surface area contributed by atoms with E-state index in [1.165, 1.54) is 12.1 Å². The molecule has 1 fully saturated rings. The van der Waals surface area contributed by atoms with Crippen LogP contribution in [-0.4, -0.2) is 23.8 Å². The summed E-state index contributed by atoms with van der Waals surface area (Å²) in [5, 5.41) is 2.97. The quantitative estimate of drug-likeness (QED) is 0.832. The maximum atomic E-state index is 13.5. The largest absolute Gasteiger partial charge is 0.368 e. The highest BCUT2D eigenvalue weighted by molar-refractivity contribution is 6.05. The molecule has 1 atom stereocenters. The number of nitrogens with one attached hydrogen (secondary N) is 1. The van der Waals surface area contributed by atoms with Gasteiger partial charge in [-0.1, -0.05) is 36.4 Å². The molecule has 1 aliphatic heterocycles. The van der Waals surface area contributed by atoms with Crippen LogP contribution in [-0.2, 0) is 4.79 Å². The SMILES string of the molecule is NC(=O)C1(CC(=O)c2ccccc2-c2cccc(F)c2)CCN1. The standard InChI is InChI=1S/C18H17FN2O2/c19-13-5-3-4-12(10-13)14-6-1-2-7-15(14)16(22)11-18(17(20)23)8-9-21-18/h1-7,10,21H,8-9,11H2,(H2,20,23). The average molecular weight is 312 g/mol. The highest BCUT2D eigenvalue weighted by Crippen LogP contribution is 2.29. The van der Waals surface area contributed by atoms with E-state index in [1.54, 1.807) is 36.4 Å². The first-order chi connectivity index (χ1) is 11.0. The fourth-order valence-electron chi connectivity index (χ4n) is 2.88. The molecular weight excluding hydrogens is 295 g/mol. The summed E-state index contributed by atoms with van der Waals surface area (Å²) < 4.78 is 13.5. The molecule has 0 saturated carbocycles. The van der Waals surface area contributed by atoms with Gasteiger partial charge < -0.3 is 11.1 Å². The third kappa shape index (κ3) is 2.87. The fraction of sp³-hybridized carbons (Fsp3) is 0.222. The number of nitrogens with two attached hydrogens (primary N) is 1. The van der Waals surface area contributed by atoms with Crippen molar-refractivity contribution in [1.29, 1.82) is 0 Å². The summed E-state index contributed by atoms with van der Waals surface area (Å²) in [6.07, 6.45) is 0.560. The predicted molar refractivity (Wildman–Crippen MR) is 85.3 cm³/mol. The van der Waals surface area contributed by atoms with Gasteiger partial charge in [0.25, 0.3) is 0 Å². The number of primary amides is 1.